The summed E-state index contributed by atoms with van der Waals surface area (Å²) in [6.07, 6.45) is 2.19. The van der Waals surface area contributed by atoms with Crippen LogP contribution in [0.25, 0.3) is 0 Å². The summed E-state index contributed by atoms with van der Waals surface area (Å²) in [7, 11) is 1.75. The van der Waals surface area contributed by atoms with Crippen LogP contribution in [0, 0.1) is 17.3 Å². The number of hydrogen-bond donors (Lipinski definition) is 3. The van der Waals surface area contributed by atoms with Gasteiger partial charge in [0.2, 0.25) is 0 Å². The molecule has 3 N–H and O–H groups in total. The summed E-state index contributed by atoms with van der Waals surface area (Å²) >= 11 is 0. The Kier molecular flexibility index (Phi) is 3.49. The van der Waals surface area contributed by atoms with E-state index in [0.29, 0.717) is 29.9 Å². The minimum Gasteiger partial charge on any atom is -0.508 e. The van der Waals surface area contributed by atoms with Crippen LogP contribution in [0.4, 0.5) is 0 Å². The van der Waals surface area contributed by atoms with Gasteiger partial charge in [-0.15, -0.1) is 0 Å². The highest BCUT2D eigenvalue weighted by atomic mass is 16.5. The number of ether oxygens (including phenoxy) is 1. The number of aryl methyl sites for hydroxylation is 1. The summed E-state index contributed by atoms with van der Waals surface area (Å²) in [5, 5.41) is 30.6. The van der Waals surface area contributed by atoms with Crippen LogP contribution in [0.1, 0.15) is 43.2 Å². The maximum Gasteiger partial charge on any atom is 0.115 e. The van der Waals surface area contributed by atoms with Crippen molar-refractivity contribution in [3.8, 4) is 5.75 Å². The molecule has 3 aliphatic carbocycles. The first-order chi connectivity index (χ1) is 11.0. The van der Waals surface area contributed by atoms with E-state index in [4.69, 9.17) is 4.74 Å². The molecule has 0 bridgehead atoms. The molecule has 4 nitrogen and oxygen atoms in total. The second-order valence-electron chi connectivity index (χ2n) is 7.95. The Labute approximate surface area is 137 Å². The molecule has 23 heavy (non-hydrogen) atoms. The number of hydrogen-bond acceptors (Lipinski definition) is 4. The number of aliphatic hydroxyl groups excluding tert-OH is 2. The minimum atomic E-state index is -0.660. The highest BCUT2D eigenvalue weighted by Crippen LogP contribution is 2.61. The van der Waals surface area contributed by atoms with Crippen LogP contribution in [0.5, 0.6) is 5.75 Å². The topological polar surface area (TPSA) is 69.9 Å². The lowest BCUT2D eigenvalue weighted by Gasteiger charge is -2.53. The number of phenolic OH excluding ortho intramolecular Hbond substituents is 1. The van der Waals surface area contributed by atoms with Crippen LogP contribution in [-0.2, 0) is 11.2 Å². The van der Waals surface area contributed by atoms with Crippen molar-refractivity contribution in [3.63, 3.8) is 0 Å². The largest absolute Gasteiger partial charge is 0.508 e. The number of phenols is 1. The lowest BCUT2D eigenvalue weighted by molar-refractivity contribution is -0.102. The van der Waals surface area contributed by atoms with E-state index in [0.717, 1.165) is 19.3 Å². The average Bonchev–Trinajstić information content (AvgIpc) is 2.77. The summed E-state index contributed by atoms with van der Waals surface area (Å²) in [5.41, 5.74) is 2.23. The summed E-state index contributed by atoms with van der Waals surface area (Å²) in [6, 6.07) is 5.68. The van der Waals surface area contributed by atoms with Crippen LogP contribution >= 0.6 is 0 Å². The molecule has 126 valence electrons. The van der Waals surface area contributed by atoms with Crippen molar-refractivity contribution in [2.24, 2.45) is 17.3 Å². The van der Waals surface area contributed by atoms with E-state index in [9.17, 15) is 15.3 Å². The van der Waals surface area contributed by atoms with Crippen LogP contribution in [-0.4, -0.2) is 40.7 Å². The van der Waals surface area contributed by atoms with Crippen molar-refractivity contribution in [2.45, 2.75) is 56.8 Å². The van der Waals surface area contributed by atoms with Gasteiger partial charge in [-0.1, -0.05) is 13.0 Å². The van der Waals surface area contributed by atoms with Crippen molar-refractivity contribution in [2.75, 3.05) is 7.11 Å². The van der Waals surface area contributed by atoms with Gasteiger partial charge in [0, 0.05) is 18.4 Å². The fraction of sp³-hybridized carbons (Fsp3) is 0.684. The quantitative estimate of drug-likeness (QED) is 0.742. The van der Waals surface area contributed by atoms with Gasteiger partial charge in [0.05, 0.1) is 18.3 Å². The molecule has 2 fully saturated rings. The molecule has 0 radical (unpaired) electrons. The van der Waals surface area contributed by atoms with Crippen LogP contribution in [0.2, 0.25) is 0 Å². The SMILES string of the molecule is CO[C@H]1C[C@]2(C)[C@@H](O)[C@H](O)C[C@H]2[C@@H]2CCc3cc(O)ccc3[C@H]21. The highest BCUT2D eigenvalue weighted by Gasteiger charge is 2.60. The Balaban J connectivity index is 1.78. The lowest BCUT2D eigenvalue weighted by Crippen LogP contribution is -2.51. The number of aromatic hydroxyl groups is 1. The van der Waals surface area contributed by atoms with E-state index in [2.05, 4.69) is 6.92 Å². The molecule has 1 aromatic rings. The van der Waals surface area contributed by atoms with Gasteiger partial charge in [-0.25, -0.2) is 0 Å². The molecule has 0 heterocycles. The fourth-order valence-electron chi connectivity index (χ4n) is 5.84. The molecule has 4 heteroatoms. The van der Waals surface area contributed by atoms with E-state index >= 15 is 0 Å². The number of fused-ring (bicyclic) bond motifs is 5. The second-order valence-corrected chi connectivity index (χ2v) is 7.95. The Morgan fingerprint density at radius 1 is 1.26 bits per heavy atom. The average molecular weight is 318 g/mol. The molecule has 0 aromatic heterocycles. The van der Waals surface area contributed by atoms with Crippen molar-refractivity contribution < 1.29 is 20.1 Å². The van der Waals surface area contributed by atoms with E-state index < -0.39 is 12.2 Å². The van der Waals surface area contributed by atoms with Crippen molar-refractivity contribution in [1.29, 1.82) is 0 Å². The predicted octanol–water partition coefficient (Wildman–Crippen LogP) is 2.20. The number of rotatable bonds is 1. The van der Waals surface area contributed by atoms with Crippen molar-refractivity contribution in [1.82, 2.24) is 0 Å². The normalized spacial score (nSPS) is 45.2. The van der Waals surface area contributed by atoms with Gasteiger partial charge in [-0.05, 0) is 60.8 Å². The maximum atomic E-state index is 10.5. The van der Waals surface area contributed by atoms with Gasteiger partial charge in [0.25, 0.3) is 0 Å². The van der Waals surface area contributed by atoms with Gasteiger partial charge in [0.1, 0.15) is 5.75 Å². The van der Waals surface area contributed by atoms with Crippen molar-refractivity contribution in [3.05, 3.63) is 29.3 Å². The van der Waals surface area contributed by atoms with Gasteiger partial charge < -0.3 is 20.1 Å². The molecule has 0 aliphatic heterocycles. The Morgan fingerprint density at radius 2 is 2.04 bits per heavy atom. The first-order valence-electron chi connectivity index (χ1n) is 8.66. The Morgan fingerprint density at radius 3 is 2.78 bits per heavy atom. The number of methoxy groups -OCH3 is 1. The van der Waals surface area contributed by atoms with Gasteiger partial charge in [-0.2, -0.15) is 0 Å². The first kappa shape index (κ1) is 15.4. The Hall–Kier alpha value is -1.10. The van der Waals surface area contributed by atoms with Gasteiger partial charge >= 0.3 is 0 Å². The van der Waals surface area contributed by atoms with Crippen molar-refractivity contribution >= 4 is 0 Å². The zero-order chi connectivity index (χ0) is 16.4. The maximum absolute atomic E-state index is 10.5. The lowest BCUT2D eigenvalue weighted by atomic mass is 9.54. The minimum absolute atomic E-state index is 0.0461. The summed E-state index contributed by atoms with van der Waals surface area (Å²) in [5.74, 6) is 1.36. The van der Waals surface area contributed by atoms with E-state index in [-0.39, 0.29) is 11.5 Å². The predicted molar refractivity (Wildman–Crippen MR) is 86.3 cm³/mol. The molecule has 3 aliphatic rings. The molecule has 0 unspecified atom stereocenters. The fourth-order valence-corrected chi connectivity index (χ4v) is 5.84. The molecule has 0 spiro atoms. The van der Waals surface area contributed by atoms with Gasteiger partial charge in [0.15, 0.2) is 0 Å². The monoisotopic (exact) mass is 318 g/mol. The number of benzene rings is 1. The zero-order valence-corrected chi connectivity index (χ0v) is 13.8. The summed E-state index contributed by atoms with van der Waals surface area (Å²) < 4.78 is 5.85. The molecule has 0 saturated heterocycles. The third kappa shape index (κ3) is 2.08. The summed E-state index contributed by atoms with van der Waals surface area (Å²) in [4.78, 5) is 0. The smallest absolute Gasteiger partial charge is 0.115 e. The molecule has 2 saturated carbocycles. The second kappa shape index (κ2) is 5.20. The number of aliphatic hydroxyl groups is 2. The van der Waals surface area contributed by atoms with Crippen LogP contribution in [0.3, 0.4) is 0 Å². The van der Waals surface area contributed by atoms with Gasteiger partial charge in [-0.3, -0.25) is 0 Å². The third-order valence-corrected chi connectivity index (χ3v) is 6.94. The summed E-state index contributed by atoms with van der Waals surface area (Å²) in [6.45, 7) is 2.12. The van der Waals surface area contributed by atoms with E-state index in [1.54, 1.807) is 13.2 Å². The molecule has 4 rings (SSSR count). The molecular weight excluding hydrogens is 292 g/mol. The van der Waals surface area contributed by atoms with E-state index in [1.807, 2.05) is 12.1 Å². The first-order valence-corrected chi connectivity index (χ1v) is 8.66. The van der Waals surface area contributed by atoms with E-state index in [1.165, 1.54) is 11.1 Å². The molecule has 0 amide bonds. The Bertz CT molecular complexity index is 615. The standard InChI is InChI=1S/C19H26O4/c1-19-9-16(23-2)17-12-6-4-11(20)7-10(12)3-5-13(17)14(19)8-15(21)18(19)22/h4,6-7,13-18,20-22H,3,5,8-9H2,1-2H3/t13-,14-,15+,16-,17+,18-,19-/m0/s1. The van der Waals surface area contributed by atoms with Crippen LogP contribution < -0.4 is 0 Å². The molecule has 1 aromatic carbocycles. The molecule has 7 atom stereocenters. The zero-order valence-electron chi connectivity index (χ0n) is 13.8. The third-order valence-electron chi connectivity index (χ3n) is 6.94. The van der Waals surface area contributed by atoms with Crippen LogP contribution in [0.15, 0.2) is 18.2 Å². The highest BCUT2D eigenvalue weighted by molar-refractivity contribution is 5.41. The molecular formula is C19H26O4.